The first-order valence-electron chi connectivity index (χ1n) is 8.15. The lowest BCUT2D eigenvalue weighted by atomic mass is 10.0. The second-order valence-corrected chi connectivity index (χ2v) is 7.63. The lowest BCUT2D eigenvalue weighted by Gasteiger charge is -2.11. The molecular weight excluding hydrogens is 396 g/mol. The van der Waals surface area contributed by atoms with Crippen molar-refractivity contribution < 1.29 is 17.8 Å². The van der Waals surface area contributed by atoms with Crippen LogP contribution in [0.5, 0.6) is 0 Å². The number of aromatic nitrogens is 2. The second kappa shape index (κ2) is 7.74. The van der Waals surface area contributed by atoms with Crippen molar-refractivity contribution in [2.24, 2.45) is 0 Å². The number of nitrogens with zero attached hydrogens (tertiary/aromatic N) is 1. The molecule has 0 radical (unpaired) electrons. The fourth-order valence-corrected chi connectivity index (χ4v) is 3.78. The normalized spacial score (nSPS) is 12.3. The van der Waals surface area contributed by atoms with Gasteiger partial charge in [0.1, 0.15) is 22.5 Å². The number of carbonyl (C=O) groups excluding carboxylic acids is 1. The molecule has 0 aliphatic rings. The summed E-state index contributed by atoms with van der Waals surface area (Å²) in [7, 11) is -1.54. The number of H-pyrrole nitrogens is 1. The molecule has 1 unspecified atom stereocenters. The van der Waals surface area contributed by atoms with Crippen LogP contribution in [-0.4, -0.2) is 25.7 Å². The Morgan fingerprint density at radius 2 is 2.11 bits per heavy atom. The maximum absolute atomic E-state index is 14.8. The predicted molar refractivity (Wildman–Crippen MR) is 103 cm³/mol. The van der Waals surface area contributed by atoms with Gasteiger partial charge < -0.3 is 9.71 Å². The lowest BCUT2D eigenvalue weighted by molar-refractivity contribution is 0.103. The highest BCUT2D eigenvalue weighted by Gasteiger charge is 2.26. The Kier molecular flexibility index (Phi) is 5.57. The first-order valence-corrected chi connectivity index (χ1v) is 9.84. The van der Waals surface area contributed by atoms with E-state index in [1.54, 1.807) is 6.92 Å². The average Bonchev–Trinajstić information content (AvgIpc) is 3.06. The number of fused-ring (bicyclic) bond motifs is 1. The van der Waals surface area contributed by atoms with E-state index in [0.29, 0.717) is 28.8 Å². The Hall–Kier alpha value is -2.32. The van der Waals surface area contributed by atoms with E-state index in [9.17, 15) is 17.8 Å². The summed E-state index contributed by atoms with van der Waals surface area (Å²) in [6.07, 6.45) is 3.47. The van der Waals surface area contributed by atoms with Crippen LogP contribution in [0.15, 0.2) is 24.5 Å². The maximum Gasteiger partial charge on any atom is 0.201 e. The van der Waals surface area contributed by atoms with Crippen molar-refractivity contribution in [1.29, 1.82) is 0 Å². The molecule has 0 aliphatic carbocycles. The Morgan fingerprint density at radius 1 is 1.37 bits per heavy atom. The van der Waals surface area contributed by atoms with Gasteiger partial charge in [0, 0.05) is 23.5 Å². The summed E-state index contributed by atoms with van der Waals surface area (Å²) in [5, 5.41) is 0.581. The minimum Gasteiger partial charge on any atom is -0.345 e. The van der Waals surface area contributed by atoms with Gasteiger partial charge >= 0.3 is 0 Å². The van der Waals surface area contributed by atoms with Crippen molar-refractivity contribution in [3.05, 3.63) is 57.9 Å². The fourth-order valence-electron chi connectivity index (χ4n) is 2.66. The molecular formula is C18H16ClF2N3O2S. The number of hydrogen-bond donors (Lipinski definition) is 2. The monoisotopic (exact) mass is 411 g/mol. The van der Waals surface area contributed by atoms with Crippen LogP contribution in [0.2, 0.25) is 5.02 Å². The van der Waals surface area contributed by atoms with Crippen LogP contribution in [0.4, 0.5) is 14.5 Å². The summed E-state index contributed by atoms with van der Waals surface area (Å²) in [5.74, 6) is -2.70. The van der Waals surface area contributed by atoms with E-state index in [1.807, 2.05) is 6.92 Å². The van der Waals surface area contributed by atoms with Gasteiger partial charge in [-0.05, 0) is 31.0 Å². The number of anilines is 1. The molecule has 0 aliphatic heterocycles. The van der Waals surface area contributed by atoms with Crippen LogP contribution in [0.25, 0.3) is 11.0 Å². The van der Waals surface area contributed by atoms with Crippen LogP contribution in [-0.2, 0) is 11.0 Å². The van der Waals surface area contributed by atoms with Crippen molar-refractivity contribution in [3.63, 3.8) is 0 Å². The molecule has 2 N–H and O–H groups in total. The molecule has 142 valence electrons. The summed E-state index contributed by atoms with van der Waals surface area (Å²) in [6, 6.07) is 2.07. The van der Waals surface area contributed by atoms with E-state index in [1.165, 1.54) is 12.4 Å². The van der Waals surface area contributed by atoms with E-state index in [4.69, 9.17) is 11.6 Å². The minimum atomic E-state index is -1.54. The number of benzene rings is 1. The van der Waals surface area contributed by atoms with E-state index < -0.39 is 34.0 Å². The zero-order valence-electron chi connectivity index (χ0n) is 14.5. The molecule has 2 heterocycles. The molecule has 0 bridgehead atoms. The van der Waals surface area contributed by atoms with Gasteiger partial charge in [-0.1, -0.05) is 18.5 Å². The number of carbonyl (C=O) groups is 1. The molecule has 5 nitrogen and oxygen atoms in total. The summed E-state index contributed by atoms with van der Waals surface area (Å²) in [5.41, 5.74) is 0.0341. The van der Waals surface area contributed by atoms with E-state index in [2.05, 4.69) is 14.7 Å². The molecule has 2 aromatic heterocycles. The van der Waals surface area contributed by atoms with E-state index >= 15 is 0 Å². The van der Waals surface area contributed by atoms with Crippen molar-refractivity contribution in [2.75, 3.05) is 10.5 Å². The molecule has 0 spiro atoms. The van der Waals surface area contributed by atoms with Crippen LogP contribution in [0.3, 0.4) is 0 Å². The zero-order chi connectivity index (χ0) is 19.7. The molecule has 0 amide bonds. The van der Waals surface area contributed by atoms with E-state index in [-0.39, 0.29) is 16.3 Å². The number of aromatic amines is 1. The zero-order valence-corrected chi connectivity index (χ0v) is 16.1. The third-order valence-electron chi connectivity index (χ3n) is 3.99. The van der Waals surface area contributed by atoms with Gasteiger partial charge in [0.05, 0.1) is 21.8 Å². The summed E-state index contributed by atoms with van der Waals surface area (Å²) in [4.78, 5) is 19.8. The van der Waals surface area contributed by atoms with Crippen LogP contribution >= 0.6 is 11.6 Å². The molecule has 27 heavy (non-hydrogen) atoms. The van der Waals surface area contributed by atoms with Gasteiger partial charge in [-0.3, -0.25) is 4.79 Å². The smallest absolute Gasteiger partial charge is 0.201 e. The number of rotatable bonds is 6. The highest BCUT2D eigenvalue weighted by Crippen LogP contribution is 2.31. The molecule has 0 fully saturated rings. The number of halogens is 3. The molecule has 1 atom stereocenters. The van der Waals surface area contributed by atoms with Gasteiger partial charge in [-0.15, -0.1) is 0 Å². The average molecular weight is 412 g/mol. The first kappa shape index (κ1) is 19.4. The quantitative estimate of drug-likeness (QED) is 0.585. The molecule has 9 heteroatoms. The third kappa shape index (κ3) is 3.59. The van der Waals surface area contributed by atoms with Gasteiger partial charge in [-0.25, -0.2) is 18.0 Å². The van der Waals surface area contributed by atoms with Crippen molar-refractivity contribution >= 4 is 45.1 Å². The summed E-state index contributed by atoms with van der Waals surface area (Å²) >= 11 is 6.27. The minimum absolute atomic E-state index is 0.0100. The third-order valence-corrected chi connectivity index (χ3v) is 5.70. The van der Waals surface area contributed by atoms with Crippen LogP contribution in [0.1, 0.15) is 34.8 Å². The Bertz CT molecular complexity index is 1070. The first-order chi connectivity index (χ1) is 12.8. The van der Waals surface area contributed by atoms with Crippen LogP contribution < -0.4 is 4.72 Å². The number of hydrogen-bond acceptors (Lipinski definition) is 3. The van der Waals surface area contributed by atoms with E-state index in [0.717, 1.165) is 12.1 Å². The molecule has 0 saturated carbocycles. The number of aryl methyl sites for hydroxylation is 1. The molecule has 0 saturated heterocycles. The number of nitrogens with one attached hydrogen (secondary N) is 2. The summed E-state index contributed by atoms with van der Waals surface area (Å²) < 4.78 is 43.5. The van der Waals surface area contributed by atoms with Crippen LogP contribution in [0, 0.1) is 18.6 Å². The Balaban J connectivity index is 2.10. The number of ketones is 1. The van der Waals surface area contributed by atoms with Gasteiger partial charge in [0.15, 0.2) is 5.82 Å². The fraction of sp³-hybridized carbons (Fsp3) is 0.222. The topological polar surface area (TPSA) is 74.8 Å². The number of pyridine rings is 1. The maximum atomic E-state index is 14.8. The van der Waals surface area contributed by atoms with Crippen molar-refractivity contribution in [2.45, 2.75) is 20.3 Å². The van der Waals surface area contributed by atoms with Gasteiger partial charge in [-0.2, -0.15) is 0 Å². The summed E-state index contributed by atoms with van der Waals surface area (Å²) in [6.45, 7) is 3.54. The highest BCUT2D eigenvalue weighted by atomic mass is 35.5. The molecule has 3 aromatic rings. The van der Waals surface area contributed by atoms with Gasteiger partial charge in [0.25, 0.3) is 0 Å². The predicted octanol–water partition coefficient (Wildman–Crippen LogP) is 4.52. The highest BCUT2D eigenvalue weighted by molar-refractivity contribution is 7.86. The lowest BCUT2D eigenvalue weighted by Crippen LogP contribution is -2.13. The largest absolute Gasteiger partial charge is 0.345 e. The molecule has 1 aromatic carbocycles. The second-order valence-electron chi connectivity index (χ2n) is 5.95. The standard InChI is InChI=1S/C18H16ClF2N3O2S/c1-3-6-27(26)24-12-5-4-11(20)14(16(12)21)17(25)10-8-23-18-13(10)15(19)9(2)7-22-18/h4-5,7-8,24H,3,6H2,1-2H3,(H,22,23). The SMILES string of the molecule is CCCS(=O)Nc1ccc(F)c(C(=O)c2c[nH]c3ncc(C)c(Cl)c23)c1F. The Morgan fingerprint density at radius 3 is 2.81 bits per heavy atom. The van der Waals surface area contributed by atoms with Crippen molar-refractivity contribution in [3.8, 4) is 0 Å². The molecule has 3 rings (SSSR count). The Labute approximate surface area is 161 Å². The van der Waals surface area contributed by atoms with Crippen molar-refractivity contribution in [1.82, 2.24) is 9.97 Å². The van der Waals surface area contributed by atoms with Gasteiger partial charge in [0.2, 0.25) is 5.78 Å².